The highest BCUT2D eigenvalue weighted by atomic mass is 16.2. The van der Waals surface area contributed by atoms with Gasteiger partial charge in [-0.1, -0.05) is 48.5 Å². The fourth-order valence-corrected chi connectivity index (χ4v) is 3.22. The van der Waals surface area contributed by atoms with Crippen molar-refractivity contribution in [1.29, 1.82) is 0 Å². The summed E-state index contributed by atoms with van der Waals surface area (Å²) < 4.78 is 1.88. The quantitative estimate of drug-likeness (QED) is 0.555. The van der Waals surface area contributed by atoms with Crippen LogP contribution in [-0.4, -0.2) is 25.9 Å². The van der Waals surface area contributed by atoms with E-state index in [-0.39, 0.29) is 11.9 Å². The zero-order valence-electron chi connectivity index (χ0n) is 15.8. The summed E-state index contributed by atoms with van der Waals surface area (Å²) >= 11 is 0. The summed E-state index contributed by atoms with van der Waals surface area (Å²) in [7, 11) is 0. The highest BCUT2D eigenvalue weighted by Crippen LogP contribution is 2.21. The van der Waals surface area contributed by atoms with Gasteiger partial charge in [-0.3, -0.25) is 9.89 Å². The maximum atomic E-state index is 12.7. The van der Waals surface area contributed by atoms with Crippen LogP contribution in [-0.2, 0) is 0 Å². The molecule has 2 aromatic carbocycles. The van der Waals surface area contributed by atoms with Gasteiger partial charge in [0.25, 0.3) is 5.91 Å². The fourth-order valence-electron chi connectivity index (χ4n) is 3.22. The van der Waals surface area contributed by atoms with E-state index in [1.807, 2.05) is 79.2 Å². The molecule has 0 saturated carbocycles. The van der Waals surface area contributed by atoms with Crippen molar-refractivity contribution < 1.29 is 4.79 Å². The standard InChI is InChI=1S/C22H21N5O/c1-15(19-14-23-27(16(19)2)18-11-7-4-8-12-18)24-22(28)21-13-20(25-26-21)17-9-5-3-6-10-17/h3-15H,1-2H3,(H,24,28)(H,25,26). The van der Waals surface area contributed by atoms with Crippen LogP contribution in [0.25, 0.3) is 16.9 Å². The monoisotopic (exact) mass is 371 g/mol. The summed E-state index contributed by atoms with van der Waals surface area (Å²) in [6.45, 7) is 3.95. The summed E-state index contributed by atoms with van der Waals surface area (Å²) in [5.74, 6) is -0.200. The van der Waals surface area contributed by atoms with Crippen molar-refractivity contribution in [3.05, 3.63) is 89.9 Å². The molecule has 4 rings (SSSR count). The zero-order valence-corrected chi connectivity index (χ0v) is 15.8. The molecule has 0 spiro atoms. The number of rotatable bonds is 5. The first-order chi connectivity index (χ1) is 13.6. The highest BCUT2D eigenvalue weighted by Gasteiger charge is 2.18. The second-order valence-corrected chi connectivity index (χ2v) is 6.66. The molecule has 0 aliphatic rings. The minimum atomic E-state index is -0.200. The lowest BCUT2D eigenvalue weighted by atomic mass is 10.1. The number of amides is 1. The Morgan fingerprint density at radius 2 is 1.75 bits per heavy atom. The molecule has 0 aliphatic carbocycles. The van der Waals surface area contributed by atoms with E-state index < -0.39 is 0 Å². The van der Waals surface area contributed by atoms with Crippen molar-refractivity contribution in [3.63, 3.8) is 0 Å². The van der Waals surface area contributed by atoms with Gasteiger partial charge in [0.15, 0.2) is 0 Å². The molecule has 4 aromatic rings. The minimum Gasteiger partial charge on any atom is -0.344 e. The molecule has 0 bridgehead atoms. The van der Waals surface area contributed by atoms with Crippen LogP contribution in [0.15, 0.2) is 72.9 Å². The molecule has 0 saturated heterocycles. The summed E-state index contributed by atoms with van der Waals surface area (Å²) in [6.07, 6.45) is 1.80. The second kappa shape index (κ2) is 7.52. The lowest BCUT2D eigenvalue weighted by molar-refractivity contribution is 0.0934. The average Bonchev–Trinajstić information content (AvgIpc) is 3.36. The average molecular weight is 371 g/mol. The van der Waals surface area contributed by atoms with Gasteiger partial charge < -0.3 is 5.32 Å². The highest BCUT2D eigenvalue weighted by molar-refractivity contribution is 5.93. The minimum absolute atomic E-state index is 0.187. The molecule has 2 heterocycles. The van der Waals surface area contributed by atoms with Gasteiger partial charge in [-0.2, -0.15) is 10.2 Å². The molecule has 0 radical (unpaired) electrons. The zero-order chi connectivity index (χ0) is 19.5. The molecule has 6 heteroatoms. The van der Waals surface area contributed by atoms with E-state index in [9.17, 15) is 4.79 Å². The molecule has 2 N–H and O–H groups in total. The van der Waals surface area contributed by atoms with Crippen LogP contribution in [0.5, 0.6) is 0 Å². The number of hydrogen-bond donors (Lipinski definition) is 2. The molecule has 1 amide bonds. The van der Waals surface area contributed by atoms with Crippen molar-refractivity contribution in [3.8, 4) is 16.9 Å². The summed E-state index contributed by atoms with van der Waals surface area (Å²) in [6, 6.07) is 21.3. The fraction of sp³-hybridized carbons (Fsp3) is 0.136. The number of H-pyrrole nitrogens is 1. The number of carbonyl (C=O) groups excluding carboxylic acids is 1. The first kappa shape index (κ1) is 17.7. The summed E-state index contributed by atoms with van der Waals surface area (Å²) in [4.78, 5) is 12.7. The van der Waals surface area contributed by atoms with E-state index in [2.05, 4.69) is 20.6 Å². The number of hydrogen-bond acceptors (Lipinski definition) is 3. The molecule has 0 aliphatic heterocycles. The predicted octanol–water partition coefficient (Wildman–Crippen LogP) is 4.06. The number of carbonyl (C=O) groups is 1. The van der Waals surface area contributed by atoms with Crippen LogP contribution < -0.4 is 5.32 Å². The lowest BCUT2D eigenvalue weighted by Crippen LogP contribution is -2.27. The normalized spacial score (nSPS) is 11.9. The molecule has 6 nitrogen and oxygen atoms in total. The van der Waals surface area contributed by atoms with Gasteiger partial charge in [0.1, 0.15) is 5.69 Å². The van der Waals surface area contributed by atoms with Gasteiger partial charge in [0.05, 0.1) is 23.6 Å². The molecule has 140 valence electrons. The Hall–Kier alpha value is -3.67. The predicted molar refractivity (Wildman–Crippen MR) is 108 cm³/mol. The third-order valence-electron chi connectivity index (χ3n) is 4.75. The van der Waals surface area contributed by atoms with Crippen LogP contribution >= 0.6 is 0 Å². The second-order valence-electron chi connectivity index (χ2n) is 6.66. The Kier molecular flexibility index (Phi) is 4.76. The molecular weight excluding hydrogens is 350 g/mol. The van der Waals surface area contributed by atoms with Crippen molar-refractivity contribution >= 4 is 5.91 Å². The number of para-hydroxylation sites is 1. The molecule has 1 atom stereocenters. The Morgan fingerprint density at radius 3 is 2.46 bits per heavy atom. The SMILES string of the molecule is Cc1c(C(C)NC(=O)c2cc(-c3ccccc3)n[nH]2)cnn1-c1ccccc1. The number of aromatic amines is 1. The van der Waals surface area contributed by atoms with E-state index in [4.69, 9.17) is 0 Å². The molecule has 0 fully saturated rings. The third-order valence-corrected chi connectivity index (χ3v) is 4.75. The smallest absolute Gasteiger partial charge is 0.269 e. The van der Waals surface area contributed by atoms with Crippen molar-refractivity contribution in [1.82, 2.24) is 25.3 Å². The van der Waals surface area contributed by atoms with Crippen LogP contribution in [0.3, 0.4) is 0 Å². The van der Waals surface area contributed by atoms with E-state index in [1.165, 1.54) is 0 Å². The van der Waals surface area contributed by atoms with Crippen LogP contribution in [0.1, 0.15) is 34.7 Å². The van der Waals surface area contributed by atoms with Crippen molar-refractivity contribution in [2.45, 2.75) is 19.9 Å². The van der Waals surface area contributed by atoms with E-state index in [1.54, 1.807) is 12.3 Å². The van der Waals surface area contributed by atoms with Crippen LogP contribution in [0.2, 0.25) is 0 Å². The number of benzene rings is 2. The van der Waals surface area contributed by atoms with Crippen molar-refractivity contribution in [2.75, 3.05) is 0 Å². The Labute approximate surface area is 163 Å². The molecular formula is C22H21N5O. The van der Waals surface area contributed by atoms with Gasteiger partial charge in [0, 0.05) is 16.8 Å². The maximum Gasteiger partial charge on any atom is 0.269 e. The number of nitrogens with one attached hydrogen (secondary N) is 2. The maximum absolute atomic E-state index is 12.7. The van der Waals surface area contributed by atoms with Gasteiger partial charge in [-0.25, -0.2) is 4.68 Å². The third kappa shape index (κ3) is 3.44. The summed E-state index contributed by atoms with van der Waals surface area (Å²) in [5, 5.41) is 14.6. The number of aromatic nitrogens is 4. The van der Waals surface area contributed by atoms with Crippen molar-refractivity contribution in [2.24, 2.45) is 0 Å². The largest absolute Gasteiger partial charge is 0.344 e. The molecule has 1 unspecified atom stereocenters. The van der Waals surface area contributed by atoms with Gasteiger partial charge in [-0.15, -0.1) is 0 Å². The van der Waals surface area contributed by atoms with E-state index in [0.717, 1.165) is 28.2 Å². The topological polar surface area (TPSA) is 75.6 Å². The van der Waals surface area contributed by atoms with Gasteiger partial charge in [0.2, 0.25) is 0 Å². The molecule has 28 heavy (non-hydrogen) atoms. The van der Waals surface area contributed by atoms with Gasteiger partial charge in [-0.05, 0) is 32.0 Å². The Bertz CT molecular complexity index is 1080. The van der Waals surface area contributed by atoms with Crippen LogP contribution in [0, 0.1) is 6.92 Å². The van der Waals surface area contributed by atoms with E-state index in [0.29, 0.717) is 5.69 Å². The number of nitrogens with zero attached hydrogens (tertiary/aromatic N) is 3. The Morgan fingerprint density at radius 1 is 1.07 bits per heavy atom. The lowest BCUT2D eigenvalue weighted by Gasteiger charge is -2.13. The first-order valence-corrected chi connectivity index (χ1v) is 9.15. The first-order valence-electron chi connectivity index (χ1n) is 9.15. The Balaban J connectivity index is 1.50. The van der Waals surface area contributed by atoms with Gasteiger partial charge >= 0.3 is 0 Å². The summed E-state index contributed by atoms with van der Waals surface area (Å²) in [5.41, 5.74) is 5.09. The van der Waals surface area contributed by atoms with Crippen LogP contribution in [0.4, 0.5) is 0 Å². The van der Waals surface area contributed by atoms with E-state index >= 15 is 0 Å². The molecule has 2 aromatic heterocycles.